The molecule has 0 aromatic heterocycles. The number of carbonyl (C=O) groups excluding carboxylic acids is 1. The van der Waals surface area contributed by atoms with Gasteiger partial charge in [0.25, 0.3) is 5.91 Å². The van der Waals surface area contributed by atoms with Crippen molar-refractivity contribution in [2.75, 3.05) is 24.0 Å². The van der Waals surface area contributed by atoms with Crippen LogP contribution < -0.4 is 14.5 Å². The van der Waals surface area contributed by atoms with E-state index in [4.69, 9.17) is 9.73 Å². The van der Waals surface area contributed by atoms with Gasteiger partial charge in [0.2, 0.25) is 0 Å². The van der Waals surface area contributed by atoms with Crippen LogP contribution in [-0.4, -0.2) is 25.2 Å². The van der Waals surface area contributed by atoms with Gasteiger partial charge in [-0.3, -0.25) is 9.69 Å². The molecule has 7 heteroatoms. The third kappa shape index (κ3) is 3.87. The zero-order chi connectivity index (χ0) is 23.9. The standard InChI is InChI=1S/C28H21N3O2S2/c1-30-23-17-22(33-2)14-15-24(23)34-27(30)25-26(32)31(21-10-4-3-5-11-21)28(35-25)29-20-13-12-18-8-6-7-9-19(18)16-20/h3-17H,1-2H3/b27-25-,29-28?. The number of hydrogen-bond acceptors (Lipinski definition) is 6. The van der Waals surface area contributed by atoms with Crippen LogP contribution in [0.5, 0.6) is 5.75 Å². The highest BCUT2D eigenvalue weighted by Crippen LogP contribution is 2.51. The lowest BCUT2D eigenvalue weighted by Crippen LogP contribution is -2.29. The summed E-state index contributed by atoms with van der Waals surface area (Å²) in [7, 11) is 3.65. The number of amides is 1. The van der Waals surface area contributed by atoms with E-state index in [2.05, 4.69) is 29.2 Å². The molecule has 6 rings (SSSR count). The molecule has 1 fully saturated rings. The summed E-state index contributed by atoms with van der Waals surface area (Å²) < 4.78 is 5.41. The van der Waals surface area contributed by atoms with E-state index >= 15 is 0 Å². The monoisotopic (exact) mass is 495 g/mol. The van der Waals surface area contributed by atoms with Crippen LogP contribution in [0.25, 0.3) is 10.8 Å². The second-order valence-electron chi connectivity index (χ2n) is 8.13. The second kappa shape index (κ2) is 8.83. The highest BCUT2D eigenvalue weighted by Gasteiger charge is 2.40. The third-order valence-electron chi connectivity index (χ3n) is 5.99. The van der Waals surface area contributed by atoms with Gasteiger partial charge in [-0.15, -0.1) is 0 Å². The minimum atomic E-state index is -0.0742. The highest BCUT2D eigenvalue weighted by molar-refractivity contribution is 8.20. The summed E-state index contributed by atoms with van der Waals surface area (Å²) in [6, 6.07) is 30.0. The Hall–Kier alpha value is -3.68. The molecule has 0 atom stereocenters. The van der Waals surface area contributed by atoms with Crippen LogP contribution >= 0.6 is 23.5 Å². The molecule has 5 nitrogen and oxygen atoms in total. The van der Waals surface area contributed by atoms with Crippen molar-refractivity contribution in [1.29, 1.82) is 0 Å². The van der Waals surface area contributed by atoms with Crippen LogP contribution in [0.3, 0.4) is 0 Å². The number of nitrogens with zero attached hydrogens (tertiary/aromatic N) is 3. The number of methoxy groups -OCH3 is 1. The summed E-state index contributed by atoms with van der Waals surface area (Å²) in [5.41, 5.74) is 2.63. The fraction of sp³-hybridized carbons (Fsp3) is 0.0714. The number of amidine groups is 1. The first kappa shape index (κ1) is 21.8. The molecule has 0 saturated carbocycles. The van der Waals surface area contributed by atoms with Gasteiger partial charge in [0.1, 0.15) is 10.7 Å². The molecule has 4 aromatic carbocycles. The maximum absolute atomic E-state index is 13.8. The largest absolute Gasteiger partial charge is 0.497 e. The predicted molar refractivity (Wildman–Crippen MR) is 147 cm³/mol. The van der Waals surface area contributed by atoms with Gasteiger partial charge in [-0.1, -0.05) is 60.3 Å². The van der Waals surface area contributed by atoms with E-state index in [-0.39, 0.29) is 5.91 Å². The van der Waals surface area contributed by atoms with Crippen molar-refractivity contribution in [3.8, 4) is 5.75 Å². The average Bonchev–Trinajstić information content (AvgIpc) is 3.39. The number of ether oxygens (including phenoxy) is 1. The van der Waals surface area contributed by atoms with Gasteiger partial charge in [-0.05, 0) is 58.9 Å². The summed E-state index contributed by atoms with van der Waals surface area (Å²) >= 11 is 3.01. The molecule has 0 aliphatic carbocycles. The number of benzene rings is 4. The zero-order valence-electron chi connectivity index (χ0n) is 19.1. The lowest BCUT2D eigenvalue weighted by molar-refractivity contribution is -0.113. The molecule has 0 unspecified atom stereocenters. The molecule has 0 N–H and O–H groups in total. The van der Waals surface area contributed by atoms with Crippen molar-refractivity contribution in [2.24, 2.45) is 4.99 Å². The summed E-state index contributed by atoms with van der Waals surface area (Å²) in [6.45, 7) is 0. The first-order valence-corrected chi connectivity index (χ1v) is 12.7. The molecular weight excluding hydrogens is 474 g/mol. The molecule has 2 aliphatic heterocycles. The maximum Gasteiger partial charge on any atom is 0.274 e. The third-order valence-corrected chi connectivity index (χ3v) is 8.38. The van der Waals surface area contributed by atoms with Crippen molar-refractivity contribution in [2.45, 2.75) is 4.90 Å². The fourth-order valence-electron chi connectivity index (χ4n) is 4.19. The molecule has 2 heterocycles. The highest BCUT2D eigenvalue weighted by atomic mass is 32.2. The Bertz CT molecular complexity index is 1530. The Morgan fingerprint density at radius 1 is 0.829 bits per heavy atom. The number of carbonyl (C=O) groups is 1. The van der Waals surface area contributed by atoms with Crippen molar-refractivity contribution in [3.63, 3.8) is 0 Å². The van der Waals surface area contributed by atoms with Crippen LogP contribution in [0.2, 0.25) is 0 Å². The van der Waals surface area contributed by atoms with Crippen molar-refractivity contribution in [1.82, 2.24) is 0 Å². The normalized spacial score (nSPS) is 18.6. The van der Waals surface area contributed by atoms with Gasteiger partial charge in [0.05, 0.1) is 29.2 Å². The van der Waals surface area contributed by atoms with E-state index in [9.17, 15) is 4.79 Å². The summed E-state index contributed by atoms with van der Waals surface area (Å²) in [6.07, 6.45) is 0. The first-order valence-electron chi connectivity index (χ1n) is 11.1. The fourth-order valence-corrected chi connectivity index (χ4v) is 6.52. The van der Waals surface area contributed by atoms with Crippen LogP contribution in [-0.2, 0) is 4.79 Å². The van der Waals surface area contributed by atoms with Crippen LogP contribution in [0.4, 0.5) is 17.1 Å². The van der Waals surface area contributed by atoms with Crippen molar-refractivity contribution >= 4 is 62.4 Å². The number of fused-ring (bicyclic) bond motifs is 2. The van der Waals surface area contributed by atoms with Crippen LogP contribution in [0.15, 0.2) is 111 Å². The Labute approximate surface area is 212 Å². The minimum Gasteiger partial charge on any atom is -0.497 e. The topological polar surface area (TPSA) is 45.1 Å². The number of hydrogen-bond donors (Lipinski definition) is 0. The van der Waals surface area contributed by atoms with Gasteiger partial charge in [0, 0.05) is 18.0 Å². The molecular formula is C28H21N3O2S2. The Balaban J connectivity index is 1.45. The molecule has 172 valence electrons. The molecule has 0 bridgehead atoms. The summed E-state index contributed by atoms with van der Waals surface area (Å²) in [4.78, 5) is 24.3. The first-order chi connectivity index (χ1) is 17.1. The van der Waals surface area contributed by atoms with E-state index in [0.717, 1.165) is 43.5 Å². The minimum absolute atomic E-state index is 0.0742. The summed E-state index contributed by atoms with van der Waals surface area (Å²) in [5.74, 6) is 0.715. The molecule has 1 amide bonds. The quantitative estimate of drug-likeness (QED) is 0.286. The SMILES string of the molecule is COc1ccc2c(c1)N(C)/C(=C1/SC(=Nc3ccc4ccccc4c3)N(c3ccccc3)C1=O)S2. The summed E-state index contributed by atoms with van der Waals surface area (Å²) in [5, 5.41) is 3.81. The van der Waals surface area contributed by atoms with E-state index in [1.807, 2.05) is 73.8 Å². The zero-order valence-corrected chi connectivity index (χ0v) is 20.8. The van der Waals surface area contributed by atoms with E-state index in [1.165, 1.54) is 11.8 Å². The van der Waals surface area contributed by atoms with Gasteiger partial charge in [0.15, 0.2) is 5.17 Å². The molecule has 35 heavy (non-hydrogen) atoms. The number of aliphatic imine (C=N–C) groups is 1. The van der Waals surface area contributed by atoms with Crippen molar-refractivity contribution in [3.05, 3.63) is 101 Å². The number of para-hydroxylation sites is 1. The second-order valence-corrected chi connectivity index (χ2v) is 10.1. The van der Waals surface area contributed by atoms with Gasteiger partial charge in [-0.25, -0.2) is 4.99 Å². The maximum atomic E-state index is 13.8. The van der Waals surface area contributed by atoms with Crippen molar-refractivity contribution < 1.29 is 9.53 Å². The molecule has 0 radical (unpaired) electrons. The van der Waals surface area contributed by atoms with Gasteiger partial charge in [-0.2, -0.15) is 0 Å². The Kier molecular flexibility index (Phi) is 5.51. The van der Waals surface area contributed by atoms with Gasteiger partial charge >= 0.3 is 0 Å². The van der Waals surface area contributed by atoms with Gasteiger partial charge < -0.3 is 9.64 Å². The Morgan fingerprint density at radius 3 is 2.40 bits per heavy atom. The molecule has 2 aliphatic rings. The molecule has 4 aromatic rings. The lowest BCUT2D eigenvalue weighted by Gasteiger charge is -2.17. The number of rotatable bonds is 3. The average molecular weight is 496 g/mol. The number of anilines is 2. The molecule has 1 saturated heterocycles. The van der Waals surface area contributed by atoms with E-state index in [0.29, 0.717) is 10.1 Å². The number of thioether (sulfide) groups is 2. The van der Waals surface area contributed by atoms with Crippen LogP contribution in [0.1, 0.15) is 0 Å². The van der Waals surface area contributed by atoms with Crippen LogP contribution in [0, 0.1) is 0 Å². The molecule has 0 spiro atoms. The predicted octanol–water partition coefficient (Wildman–Crippen LogP) is 7.03. The van der Waals surface area contributed by atoms with E-state index in [1.54, 1.807) is 23.8 Å². The Morgan fingerprint density at radius 2 is 1.60 bits per heavy atom. The lowest BCUT2D eigenvalue weighted by atomic mass is 10.1. The smallest absolute Gasteiger partial charge is 0.274 e. The van der Waals surface area contributed by atoms with E-state index < -0.39 is 0 Å².